The lowest BCUT2D eigenvalue weighted by Crippen LogP contribution is -2.23. The average Bonchev–Trinajstić information content (AvgIpc) is 2.83. The largest absolute Gasteiger partial charge is 0.297 e. The van der Waals surface area contributed by atoms with Crippen molar-refractivity contribution in [1.82, 2.24) is 9.78 Å². The highest BCUT2D eigenvalue weighted by atomic mass is 19.3. The van der Waals surface area contributed by atoms with Gasteiger partial charge in [0.1, 0.15) is 11.4 Å². The van der Waals surface area contributed by atoms with Crippen molar-refractivity contribution in [2.24, 2.45) is 13.0 Å². The van der Waals surface area contributed by atoms with Gasteiger partial charge in [0.2, 0.25) is 0 Å². The molecule has 3 rings (SSSR count). The first-order valence-electron chi connectivity index (χ1n) is 5.10. The van der Waals surface area contributed by atoms with E-state index in [2.05, 4.69) is 10.8 Å². The molecule has 2 aliphatic carbocycles. The molecule has 2 nitrogen and oxygen atoms in total. The highest BCUT2D eigenvalue weighted by Gasteiger charge is 2.57. The van der Waals surface area contributed by atoms with Gasteiger partial charge in [-0.3, -0.25) is 4.68 Å². The molecule has 1 heterocycles. The zero-order valence-corrected chi connectivity index (χ0v) is 8.79. The van der Waals surface area contributed by atoms with E-state index in [1.54, 1.807) is 0 Å². The lowest BCUT2D eigenvalue weighted by molar-refractivity contribution is -0.0440. The van der Waals surface area contributed by atoms with Gasteiger partial charge in [-0.1, -0.05) is 0 Å². The first-order valence-corrected chi connectivity index (χ1v) is 5.10. The van der Waals surface area contributed by atoms with Crippen LogP contribution in [0.1, 0.15) is 29.3 Å². The van der Waals surface area contributed by atoms with Gasteiger partial charge in [-0.15, -0.1) is 5.73 Å². The van der Waals surface area contributed by atoms with Crippen molar-refractivity contribution < 1.29 is 17.6 Å². The van der Waals surface area contributed by atoms with Gasteiger partial charge in [-0.05, 0) is 12.2 Å². The fraction of sp³-hybridized carbons (Fsp3) is 0.455. The summed E-state index contributed by atoms with van der Waals surface area (Å²) in [5, 5.41) is 3.51. The highest BCUT2D eigenvalue weighted by Crippen LogP contribution is 2.56. The summed E-state index contributed by atoms with van der Waals surface area (Å²) < 4.78 is 54.5. The molecule has 0 aromatic carbocycles. The first-order chi connectivity index (χ1) is 7.94. The smallest absolute Gasteiger partial charge is 0.266 e. The quantitative estimate of drug-likeness (QED) is 0.548. The predicted octanol–water partition coefficient (Wildman–Crippen LogP) is 2.89. The summed E-state index contributed by atoms with van der Waals surface area (Å²) in [7, 11) is 1.27. The predicted molar refractivity (Wildman–Crippen MR) is 50.9 cm³/mol. The van der Waals surface area contributed by atoms with Crippen LogP contribution in [0.3, 0.4) is 0 Å². The molecule has 1 aromatic heterocycles. The minimum Gasteiger partial charge on any atom is -0.266 e. The maximum Gasteiger partial charge on any atom is 0.297 e. The summed E-state index contributed by atoms with van der Waals surface area (Å²) in [4.78, 5) is 0. The maximum atomic E-state index is 14.0. The monoisotopic (exact) mass is 244 g/mol. The normalized spacial score (nSPS) is 27.9. The number of aromatic nitrogens is 2. The van der Waals surface area contributed by atoms with Crippen molar-refractivity contribution in [3.05, 3.63) is 34.8 Å². The Balaban J connectivity index is 2.27. The van der Waals surface area contributed by atoms with Crippen LogP contribution in [-0.2, 0) is 13.0 Å². The molecule has 2 atom stereocenters. The van der Waals surface area contributed by atoms with Gasteiger partial charge < -0.3 is 0 Å². The van der Waals surface area contributed by atoms with Crippen molar-refractivity contribution >= 4 is 0 Å². The molecule has 0 saturated carbocycles. The van der Waals surface area contributed by atoms with Gasteiger partial charge in [-0.25, -0.2) is 8.78 Å². The summed E-state index contributed by atoms with van der Waals surface area (Å²) in [6.07, 6.45) is -0.175. The van der Waals surface area contributed by atoms with Crippen LogP contribution in [0.2, 0.25) is 0 Å². The zero-order valence-electron chi connectivity index (χ0n) is 8.79. The van der Waals surface area contributed by atoms with E-state index < -0.39 is 35.6 Å². The Morgan fingerprint density at radius 3 is 2.76 bits per heavy atom. The number of hydrogen-bond acceptors (Lipinski definition) is 1. The molecule has 0 N–H and O–H groups in total. The Hall–Kier alpha value is -1.55. The molecule has 1 aromatic rings. The van der Waals surface area contributed by atoms with Crippen LogP contribution in [0, 0.1) is 5.92 Å². The summed E-state index contributed by atoms with van der Waals surface area (Å²) >= 11 is 0. The molecule has 0 fully saturated rings. The van der Waals surface area contributed by atoms with Gasteiger partial charge in [0.25, 0.3) is 12.3 Å². The molecule has 90 valence electrons. The number of rotatable bonds is 1. The summed E-state index contributed by atoms with van der Waals surface area (Å²) in [5.41, 5.74) is 1.62. The van der Waals surface area contributed by atoms with E-state index in [4.69, 9.17) is 0 Å². The third kappa shape index (κ3) is 1.13. The molecular formula is C11H8F4N2. The molecule has 6 heteroatoms. The van der Waals surface area contributed by atoms with Crippen LogP contribution in [0.4, 0.5) is 17.6 Å². The third-order valence-electron chi connectivity index (χ3n) is 3.33. The SMILES string of the molecule is Cn1nc(C(F)F)c2c1C(F)(F)[C@@H]1C=C=C[C@H]21. The summed E-state index contributed by atoms with van der Waals surface area (Å²) in [5.74, 6) is -4.98. The minimum atomic E-state index is -3.16. The Labute approximate surface area is 94.2 Å². The van der Waals surface area contributed by atoms with Gasteiger partial charge in [0.05, 0.1) is 5.92 Å². The summed E-state index contributed by atoms with van der Waals surface area (Å²) in [6.45, 7) is 0. The van der Waals surface area contributed by atoms with Crippen molar-refractivity contribution in [1.29, 1.82) is 0 Å². The second kappa shape index (κ2) is 3.01. The van der Waals surface area contributed by atoms with E-state index in [0.717, 1.165) is 4.68 Å². The van der Waals surface area contributed by atoms with Crippen molar-refractivity contribution in [3.63, 3.8) is 0 Å². The Kier molecular flexibility index (Phi) is 1.88. The number of fused-ring (bicyclic) bond motifs is 3. The second-order valence-corrected chi connectivity index (χ2v) is 4.25. The fourth-order valence-corrected chi connectivity index (χ4v) is 2.67. The minimum absolute atomic E-state index is 0.0289. The first kappa shape index (κ1) is 10.6. The number of halogens is 4. The Morgan fingerprint density at radius 1 is 1.41 bits per heavy atom. The van der Waals surface area contributed by atoms with E-state index in [9.17, 15) is 17.6 Å². The van der Waals surface area contributed by atoms with E-state index >= 15 is 0 Å². The van der Waals surface area contributed by atoms with Gasteiger partial charge >= 0.3 is 0 Å². The lowest BCUT2D eigenvalue weighted by Gasteiger charge is -2.17. The number of allylic oxidation sites excluding steroid dienone is 1. The lowest BCUT2D eigenvalue weighted by atomic mass is 9.94. The van der Waals surface area contributed by atoms with Crippen molar-refractivity contribution in [3.8, 4) is 0 Å². The van der Waals surface area contributed by atoms with E-state index in [1.807, 2.05) is 0 Å². The standard InChI is InChI=1S/C11H8F4N2/c1-17-9-7(8(16-17)10(12)13)5-3-2-4-6(5)11(9,14)15/h3-6,10H,1H3/t5-,6+/m0/s1. The molecule has 0 aliphatic heterocycles. The Bertz CT molecular complexity index is 552. The van der Waals surface area contributed by atoms with Crippen molar-refractivity contribution in [2.45, 2.75) is 18.3 Å². The number of alkyl halides is 4. The molecule has 17 heavy (non-hydrogen) atoms. The van der Waals surface area contributed by atoms with Gasteiger partial charge in [-0.2, -0.15) is 13.9 Å². The number of nitrogens with zero attached hydrogens (tertiary/aromatic N) is 2. The van der Waals surface area contributed by atoms with Crippen LogP contribution in [0.15, 0.2) is 17.9 Å². The molecule has 0 bridgehead atoms. The molecular weight excluding hydrogens is 236 g/mol. The Morgan fingerprint density at radius 2 is 2.12 bits per heavy atom. The van der Waals surface area contributed by atoms with Crippen molar-refractivity contribution in [2.75, 3.05) is 0 Å². The maximum absolute atomic E-state index is 14.0. The number of aryl methyl sites for hydroxylation is 1. The van der Waals surface area contributed by atoms with E-state index in [0.29, 0.717) is 0 Å². The van der Waals surface area contributed by atoms with Gasteiger partial charge in [0, 0.05) is 18.5 Å². The fourth-order valence-electron chi connectivity index (χ4n) is 2.67. The molecule has 0 radical (unpaired) electrons. The molecule has 2 aliphatic rings. The molecule has 0 unspecified atom stereocenters. The zero-order chi connectivity index (χ0) is 12.4. The topological polar surface area (TPSA) is 17.8 Å². The van der Waals surface area contributed by atoms with Crippen LogP contribution < -0.4 is 0 Å². The van der Waals surface area contributed by atoms with Crippen LogP contribution in [0.25, 0.3) is 0 Å². The average molecular weight is 244 g/mol. The molecule has 0 saturated heterocycles. The van der Waals surface area contributed by atoms with E-state index in [-0.39, 0.29) is 5.56 Å². The molecule has 0 amide bonds. The second-order valence-electron chi connectivity index (χ2n) is 4.25. The highest BCUT2D eigenvalue weighted by molar-refractivity contribution is 5.46. The van der Waals surface area contributed by atoms with E-state index in [1.165, 1.54) is 19.2 Å². The van der Waals surface area contributed by atoms with Gasteiger partial charge in [0.15, 0.2) is 0 Å². The number of hydrogen-bond donors (Lipinski definition) is 0. The third-order valence-corrected chi connectivity index (χ3v) is 3.33. The summed E-state index contributed by atoms with van der Waals surface area (Å²) in [6, 6.07) is 0. The van der Waals surface area contributed by atoms with Crippen LogP contribution in [-0.4, -0.2) is 9.78 Å². The van der Waals surface area contributed by atoms with Crippen LogP contribution >= 0.6 is 0 Å². The molecule has 0 spiro atoms. The van der Waals surface area contributed by atoms with Crippen LogP contribution in [0.5, 0.6) is 0 Å².